The van der Waals surface area contributed by atoms with E-state index in [0.717, 1.165) is 31.9 Å². The molecule has 0 radical (unpaired) electrons. The first-order chi connectivity index (χ1) is 7.29. The van der Waals surface area contributed by atoms with Gasteiger partial charge in [-0.3, -0.25) is 0 Å². The molecule has 1 aromatic rings. The number of hydrogen-bond acceptors (Lipinski definition) is 3. The normalized spacial score (nSPS) is 15.6. The highest BCUT2D eigenvalue weighted by atomic mass is 16.5. The summed E-state index contributed by atoms with van der Waals surface area (Å²) >= 11 is 0. The average molecular weight is 206 g/mol. The topological polar surface area (TPSA) is 47.3 Å². The summed E-state index contributed by atoms with van der Waals surface area (Å²) < 4.78 is 5.45. The highest BCUT2D eigenvalue weighted by Crippen LogP contribution is 2.27. The van der Waals surface area contributed by atoms with Crippen LogP contribution in [0.4, 0.5) is 5.69 Å². The van der Waals surface area contributed by atoms with Crippen LogP contribution in [-0.2, 0) is 6.42 Å². The highest BCUT2D eigenvalue weighted by molar-refractivity contribution is 5.52. The Balaban J connectivity index is 1.98. The van der Waals surface area contributed by atoms with Gasteiger partial charge in [-0.2, -0.15) is 0 Å². The third kappa shape index (κ3) is 2.42. The van der Waals surface area contributed by atoms with Crippen molar-refractivity contribution in [2.24, 2.45) is 11.7 Å². The molecule has 3 heteroatoms. The summed E-state index contributed by atoms with van der Waals surface area (Å²) in [6.45, 7) is 4.61. The first kappa shape index (κ1) is 10.3. The molecule has 1 atom stereocenters. The molecular formula is C12H18N2O. The van der Waals surface area contributed by atoms with E-state index in [-0.39, 0.29) is 0 Å². The van der Waals surface area contributed by atoms with Crippen molar-refractivity contribution in [1.82, 2.24) is 0 Å². The van der Waals surface area contributed by atoms with Crippen molar-refractivity contribution in [3.8, 4) is 5.75 Å². The molecule has 0 fully saturated rings. The lowest BCUT2D eigenvalue weighted by Crippen LogP contribution is -2.19. The molecule has 0 saturated carbocycles. The Bertz CT molecular complexity index is 338. The summed E-state index contributed by atoms with van der Waals surface area (Å²) in [6.07, 6.45) is 1.03. The zero-order valence-corrected chi connectivity index (χ0v) is 9.12. The van der Waals surface area contributed by atoms with Crippen molar-refractivity contribution in [2.45, 2.75) is 13.3 Å². The quantitative estimate of drug-likeness (QED) is 0.787. The van der Waals surface area contributed by atoms with Gasteiger partial charge in [-0.15, -0.1) is 0 Å². The molecule has 15 heavy (non-hydrogen) atoms. The molecule has 1 aliphatic heterocycles. The molecule has 82 valence electrons. The smallest absolute Gasteiger partial charge is 0.122 e. The summed E-state index contributed by atoms with van der Waals surface area (Å²) in [7, 11) is 0. The maximum Gasteiger partial charge on any atom is 0.122 e. The Morgan fingerprint density at radius 2 is 2.40 bits per heavy atom. The van der Waals surface area contributed by atoms with Gasteiger partial charge in [0.1, 0.15) is 5.75 Å². The lowest BCUT2D eigenvalue weighted by Gasteiger charge is -2.11. The van der Waals surface area contributed by atoms with Gasteiger partial charge in [-0.05, 0) is 36.2 Å². The first-order valence-corrected chi connectivity index (χ1v) is 5.49. The third-order valence-electron chi connectivity index (χ3n) is 2.75. The lowest BCUT2D eigenvalue weighted by molar-refractivity contribution is 0.357. The summed E-state index contributed by atoms with van der Waals surface area (Å²) in [4.78, 5) is 0. The molecule has 3 nitrogen and oxygen atoms in total. The van der Waals surface area contributed by atoms with Crippen molar-refractivity contribution >= 4 is 5.69 Å². The summed E-state index contributed by atoms with van der Waals surface area (Å²) in [5.41, 5.74) is 8.04. The number of ether oxygens (including phenoxy) is 1. The third-order valence-corrected chi connectivity index (χ3v) is 2.75. The van der Waals surface area contributed by atoms with Crippen LogP contribution in [0.5, 0.6) is 5.75 Å². The van der Waals surface area contributed by atoms with E-state index in [1.807, 2.05) is 6.07 Å². The zero-order chi connectivity index (χ0) is 10.7. The second kappa shape index (κ2) is 4.53. The van der Waals surface area contributed by atoms with E-state index in [1.54, 1.807) is 0 Å². The fourth-order valence-corrected chi connectivity index (χ4v) is 1.67. The molecule has 1 unspecified atom stereocenters. The molecular weight excluding hydrogens is 188 g/mol. The van der Waals surface area contributed by atoms with Crippen molar-refractivity contribution < 1.29 is 4.74 Å². The molecule has 3 N–H and O–H groups in total. The Kier molecular flexibility index (Phi) is 3.11. The maximum absolute atomic E-state index is 5.57. The molecule has 0 amide bonds. The van der Waals surface area contributed by atoms with Crippen LogP contribution in [0, 0.1) is 5.92 Å². The monoisotopic (exact) mass is 206 g/mol. The predicted octanol–water partition coefficient (Wildman–Crippen LogP) is 1.63. The molecule has 0 saturated heterocycles. The molecule has 1 heterocycles. The highest BCUT2D eigenvalue weighted by Gasteiger charge is 2.11. The van der Waals surface area contributed by atoms with Gasteiger partial charge < -0.3 is 15.8 Å². The van der Waals surface area contributed by atoms with Gasteiger partial charge in [-0.1, -0.05) is 6.92 Å². The molecule has 0 aromatic heterocycles. The predicted molar refractivity (Wildman–Crippen MR) is 62.3 cm³/mol. The number of rotatable bonds is 4. The van der Waals surface area contributed by atoms with E-state index >= 15 is 0 Å². The summed E-state index contributed by atoms with van der Waals surface area (Å²) in [5.74, 6) is 1.54. The van der Waals surface area contributed by atoms with Crippen LogP contribution in [0.3, 0.4) is 0 Å². The van der Waals surface area contributed by atoms with E-state index in [9.17, 15) is 0 Å². The Hall–Kier alpha value is -1.22. The summed E-state index contributed by atoms with van der Waals surface area (Å²) in [6, 6.07) is 6.27. The van der Waals surface area contributed by atoms with Crippen LogP contribution >= 0.6 is 0 Å². The Labute approximate surface area is 90.6 Å². The summed E-state index contributed by atoms with van der Waals surface area (Å²) in [5, 5.41) is 3.39. The number of benzene rings is 1. The number of anilines is 1. The van der Waals surface area contributed by atoms with Gasteiger partial charge in [0, 0.05) is 18.7 Å². The molecule has 0 aliphatic carbocycles. The van der Waals surface area contributed by atoms with E-state index in [1.165, 1.54) is 11.3 Å². The van der Waals surface area contributed by atoms with Gasteiger partial charge in [0.05, 0.1) is 6.61 Å². The molecule has 0 bridgehead atoms. The second-order valence-electron chi connectivity index (χ2n) is 4.14. The fourth-order valence-electron chi connectivity index (χ4n) is 1.67. The number of nitrogens with two attached hydrogens (primary N) is 1. The van der Waals surface area contributed by atoms with Crippen molar-refractivity contribution in [3.05, 3.63) is 23.8 Å². The fraction of sp³-hybridized carbons (Fsp3) is 0.500. The average Bonchev–Trinajstić information content (AvgIpc) is 2.72. The van der Waals surface area contributed by atoms with E-state index in [0.29, 0.717) is 5.92 Å². The zero-order valence-electron chi connectivity index (χ0n) is 9.12. The number of nitrogens with one attached hydrogen (secondary N) is 1. The van der Waals surface area contributed by atoms with Crippen LogP contribution in [-0.4, -0.2) is 19.7 Å². The molecule has 1 aromatic carbocycles. The Morgan fingerprint density at radius 1 is 1.53 bits per heavy atom. The number of hydrogen-bond donors (Lipinski definition) is 2. The minimum Gasteiger partial charge on any atom is -0.493 e. The van der Waals surface area contributed by atoms with Crippen LogP contribution in [0.1, 0.15) is 12.5 Å². The van der Waals surface area contributed by atoms with Gasteiger partial charge in [0.15, 0.2) is 0 Å². The van der Waals surface area contributed by atoms with E-state index in [2.05, 4.69) is 24.4 Å². The van der Waals surface area contributed by atoms with Crippen molar-refractivity contribution in [1.29, 1.82) is 0 Å². The van der Waals surface area contributed by atoms with E-state index in [4.69, 9.17) is 10.5 Å². The van der Waals surface area contributed by atoms with Gasteiger partial charge >= 0.3 is 0 Å². The van der Waals surface area contributed by atoms with Crippen molar-refractivity contribution in [2.75, 3.05) is 25.0 Å². The van der Waals surface area contributed by atoms with Crippen molar-refractivity contribution in [3.63, 3.8) is 0 Å². The van der Waals surface area contributed by atoms with Crippen LogP contribution < -0.4 is 15.8 Å². The largest absolute Gasteiger partial charge is 0.493 e. The molecule has 0 spiro atoms. The lowest BCUT2D eigenvalue weighted by atomic mass is 10.1. The standard InChI is InChI=1S/C12H18N2O/c1-9(7-13)8-14-11-2-3-12-10(6-11)4-5-15-12/h2-3,6,9,14H,4-5,7-8,13H2,1H3. The second-order valence-corrected chi connectivity index (χ2v) is 4.14. The molecule has 1 aliphatic rings. The Morgan fingerprint density at radius 3 is 3.20 bits per heavy atom. The van der Waals surface area contributed by atoms with Gasteiger partial charge in [-0.25, -0.2) is 0 Å². The number of fused-ring (bicyclic) bond motifs is 1. The van der Waals surface area contributed by atoms with E-state index < -0.39 is 0 Å². The SMILES string of the molecule is CC(CN)CNc1ccc2c(c1)CCO2. The molecule has 2 rings (SSSR count). The minimum atomic E-state index is 0.509. The first-order valence-electron chi connectivity index (χ1n) is 5.49. The van der Waals surface area contributed by atoms with Gasteiger partial charge in [0.2, 0.25) is 0 Å². The van der Waals surface area contributed by atoms with Crippen LogP contribution in [0.2, 0.25) is 0 Å². The van der Waals surface area contributed by atoms with Gasteiger partial charge in [0.25, 0.3) is 0 Å². The minimum absolute atomic E-state index is 0.509. The van der Waals surface area contributed by atoms with Crippen LogP contribution in [0.15, 0.2) is 18.2 Å². The maximum atomic E-state index is 5.57. The van der Waals surface area contributed by atoms with Crippen LogP contribution in [0.25, 0.3) is 0 Å².